The predicted octanol–water partition coefficient (Wildman–Crippen LogP) is 1.84. The molecule has 0 aliphatic rings. The number of oxazole rings is 1. The molecule has 3 N–H and O–H groups in total. The molecule has 0 saturated carbocycles. The fourth-order valence-corrected chi connectivity index (χ4v) is 1.72. The van der Waals surface area contributed by atoms with Crippen molar-refractivity contribution in [3.63, 3.8) is 0 Å². The van der Waals surface area contributed by atoms with Gasteiger partial charge in [0, 0.05) is 0 Å². The number of carboxylic acid groups (broad SMARTS) is 1. The standard InChI is InChI=1S/C13H21N3O4/c1-7(2)5-10(12(17)18)16-13(19)15-9(4)11-14-6-8(3)20-11/h6-7,9-10H,5H2,1-4H3,(H,17,18)(H2,15,16,19)/t9?,10-/m0/s1. The molecule has 0 aromatic carbocycles. The summed E-state index contributed by atoms with van der Waals surface area (Å²) in [6, 6.07) is -1.90. The monoisotopic (exact) mass is 283 g/mol. The van der Waals surface area contributed by atoms with Crippen LogP contribution in [-0.2, 0) is 4.79 Å². The van der Waals surface area contributed by atoms with Crippen LogP contribution in [0.25, 0.3) is 0 Å². The number of hydrogen-bond donors (Lipinski definition) is 3. The van der Waals surface area contributed by atoms with Gasteiger partial charge in [0.25, 0.3) is 0 Å². The van der Waals surface area contributed by atoms with Crippen molar-refractivity contribution in [1.82, 2.24) is 15.6 Å². The summed E-state index contributed by atoms with van der Waals surface area (Å²) in [4.78, 5) is 26.8. The van der Waals surface area contributed by atoms with Gasteiger partial charge in [0.05, 0.1) is 6.20 Å². The topological polar surface area (TPSA) is 104 Å². The van der Waals surface area contributed by atoms with E-state index >= 15 is 0 Å². The van der Waals surface area contributed by atoms with Crippen LogP contribution in [0, 0.1) is 12.8 Å². The summed E-state index contributed by atoms with van der Waals surface area (Å²) >= 11 is 0. The number of rotatable bonds is 6. The number of aliphatic carboxylic acids is 1. The fourth-order valence-electron chi connectivity index (χ4n) is 1.72. The third-order valence-electron chi connectivity index (χ3n) is 2.67. The van der Waals surface area contributed by atoms with E-state index < -0.39 is 24.1 Å². The molecule has 7 nitrogen and oxygen atoms in total. The first-order chi connectivity index (χ1) is 9.29. The van der Waals surface area contributed by atoms with Gasteiger partial charge >= 0.3 is 12.0 Å². The molecule has 0 fully saturated rings. The van der Waals surface area contributed by atoms with Crippen LogP contribution in [0.15, 0.2) is 10.6 Å². The second kappa shape index (κ2) is 6.93. The third kappa shape index (κ3) is 4.91. The quantitative estimate of drug-likeness (QED) is 0.739. The van der Waals surface area contributed by atoms with E-state index in [0.717, 1.165) is 0 Å². The minimum absolute atomic E-state index is 0.170. The van der Waals surface area contributed by atoms with Gasteiger partial charge in [-0.1, -0.05) is 13.8 Å². The number of carbonyl (C=O) groups is 2. The highest BCUT2D eigenvalue weighted by Gasteiger charge is 2.22. The number of aromatic nitrogens is 1. The summed E-state index contributed by atoms with van der Waals surface area (Å²) in [6.07, 6.45) is 1.93. The summed E-state index contributed by atoms with van der Waals surface area (Å²) < 4.78 is 5.29. The lowest BCUT2D eigenvalue weighted by molar-refractivity contribution is -0.139. The zero-order chi connectivity index (χ0) is 15.3. The Kier molecular flexibility index (Phi) is 5.54. The SMILES string of the molecule is Cc1cnc(C(C)NC(=O)N[C@@H](CC(C)C)C(=O)O)o1. The third-order valence-corrected chi connectivity index (χ3v) is 2.67. The van der Waals surface area contributed by atoms with E-state index in [2.05, 4.69) is 15.6 Å². The van der Waals surface area contributed by atoms with Crippen molar-refractivity contribution in [3.8, 4) is 0 Å². The lowest BCUT2D eigenvalue weighted by atomic mass is 10.0. The molecule has 1 unspecified atom stereocenters. The van der Waals surface area contributed by atoms with Gasteiger partial charge in [-0.15, -0.1) is 0 Å². The van der Waals surface area contributed by atoms with Crippen molar-refractivity contribution in [1.29, 1.82) is 0 Å². The van der Waals surface area contributed by atoms with E-state index in [9.17, 15) is 9.59 Å². The molecule has 1 aromatic heterocycles. The van der Waals surface area contributed by atoms with E-state index in [1.165, 1.54) is 0 Å². The lowest BCUT2D eigenvalue weighted by Gasteiger charge is -2.18. The smallest absolute Gasteiger partial charge is 0.326 e. The number of amides is 2. The van der Waals surface area contributed by atoms with Gasteiger partial charge in [0.1, 0.15) is 17.8 Å². The maximum absolute atomic E-state index is 11.8. The second-order valence-corrected chi connectivity index (χ2v) is 5.17. The van der Waals surface area contributed by atoms with Gasteiger partial charge in [-0.3, -0.25) is 0 Å². The summed E-state index contributed by atoms with van der Waals surface area (Å²) in [6.45, 7) is 7.26. The maximum Gasteiger partial charge on any atom is 0.326 e. The minimum Gasteiger partial charge on any atom is -0.480 e. The molecule has 0 aliphatic carbocycles. The molecule has 0 radical (unpaired) electrons. The van der Waals surface area contributed by atoms with Crippen LogP contribution in [0.2, 0.25) is 0 Å². The molecule has 7 heteroatoms. The highest BCUT2D eigenvalue weighted by Crippen LogP contribution is 2.12. The Balaban J connectivity index is 2.55. The molecule has 2 atom stereocenters. The summed E-state index contributed by atoms with van der Waals surface area (Å²) in [7, 11) is 0. The number of carbonyl (C=O) groups excluding carboxylic acids is 1. The lowest BCUT2D eigenvalue weighted by Crippen LogP contribution is -2.47. The van der Waals surface area contributed by atoms with E-state index in [1.54, 1.807) is 20.0 Å². The predicted molar refractivity (Wildman–Crippen MR) is 72.2 cm³/mol. The first-order valence-electron chi connectivity index (χ1n) is 6.51. The average molecular weight is 283 g/mol. The van der Waals surface area contributed by atoms with Gasteiger partial charge in [-0.25, -0.2) is 14.6 Å². The molecule has 112 valence electrons. The molecule has 1 heterocycles. The van der Waals surface area contributed by atoms with Gasteiger partial charge in [0.15, 0.2) is 0 Å². The second-order valence-electron chi connectivity index (χ2n) is 5.17. The van der Waals surface area contributed by atoms with Crippen molar-refractivity contribution in [2.75, 3.05) is 0 Å². The Bertz CT molecular complexity index is 470. The average Bonchev–Trinajstić information content (AvgIpc) is 2.74. The normalized spacial score (nSPS) is 13.8. The van der Waals surface area contributed by atoms with Crippen LogP contribution in [-0.4, -0.2) is 28.1 Å². The number of aryl methyl sites for hydroxylation is 1. The Morgan fingerprint density at radius 3 is 2.45 bits per heavy atom. The number of carboxylic acids is 1. The molecule has 20 heavy (non-hydrogen) atoms. The van der Waals surface area contributed by atoms with Crippen LogP contribution >= 0.6 is 0 Å². The maximum atomic E-state index is 11.8. The summed E-state index contributed by atoms with van der Waals surface area (Å²) in [5.74, 6) is 0.155. The molecule has 0 aliphatic heterocycles. The highest BCUT2D eigenvalue weighted by atomic mass is 16.4. The van der Waals surface area contributed by atoms with Gasteiger partial charge < -0.3 is 20.2 Å². The number of hydrogen-bond acceptors (Lipinski definition) is 4. The van der Waals surface area contributed by atoms with Crippen LogP contribution in [0.5, 0.6) is 0 Å². The zero-order valence-electron chi connectivity index (χ0n) is 12.1. The van der Waals surface area contributed by atoms with E-state index in [4.69, 9.17) is 9.52 Å². The molecule has 0 bridgehead atoms. The minimum atomic E-state index is -1.05. The van der Waals surface area contributed by atoms with Crippen molar-refractivity contribution in [3.05, 3.63) is 17.8 Å². The summed E-state index contributed by atoms with van der Waals surface area (Å²) in [5, 5.41) is 14.1. The fraction of sp³-hybridized carbons (Fsp3) is 0.615. The largest absolute Gasteiger partial charge is 0.480 e. The Labute approximate surface area is 117 Å². The number of nitrogens with one attached hydrogen (secondary N) is 2. The first kappa shape index (κ1) is 16.0. The number of urea groups is 1. The van der Waals surface area contributed by atoms with Crippen molar-refractivity contribution < 1.29 is 19.1 Å². The Morgan fingerprint density at radius 2 is 2.00 bits per heavy atom. The van der Waals surface area contributed by atoms with Gasteiger partial charge in [-0.05, 0) is 26.2 Å². The van der Waals surface area contributed by atoms with Gasteiger partial charge in [-0.2, -0.15) is 0 Å². The van der Waals surface area contributed by atoms with Crippen molar-refractivity contribution >= 4 is 12.0 Å². The first-order valence-corrected chi connectivity index (χ1v) is 6.51. The van der Waals surface area contributed by atoms with Crippen LogP contribution in [0.1, 0.15) is 44.9 Å². The zero-order valence-corrected chi connectivity index (χ0v) is 12.1. The van der Waals surface area contributed by atoms with Crippen LogP contribution < -0.4 is 10.6 Å². The van der Waals surface area contributed by atoms with Crippen LogP contribution in [0.3, 0.4) is 0 Å². The Hall–Kier alpha value is -2.05. The van der Waals surface area contributed by atoms with Crippen LogP contribution in [0.4, 0.5) is 4.79 Å². The van der Waals surface area contributed by atoms with Crippen molar-refractivity contribution in [2.24, 2.45) is 5.92 Å². The molecular weight excluding hydrogens is 262 g/mol. The molecular formula is C13H21N3O4. The Morgan fingerprint density at radius 1 is 1.35 bits per heavy atom. The molecule has 1 rings (SSSR count). The van der Waals surface area contributed by atoms with E-state index in [0.29, 0.717) is 18.1 Å². The molecule has 0 saturated heterocycles. The van der Waals surface area contributed by atoms with Crippen molar-refractivity contribution in [2.45, 2.75) is 46.2 Å². The van der Waals surface area contributed by atoms with Gasteiger partial charge in [0.2, 0.25) is 5.89 Å². The summed E-state index contributed by atoms with van der Waals surface area (Å²) in [5.41, 5.74) is 0. The number of nitrogens with zero attached hydrogens (tertiary/aromatic N) is 1. The molecule has 1 aromatic rings. The highest BCUT2D eigenvalue weighted by molar-refractivity contribution is 5.82. The molecule has 2 amide bonds. The molecule has 0 spiro atoms. The van der Waals surface area contributed by atoms with E-state index in [1.807, 2.05) is 13.8 Å². The van der Waals surface area contributed by atoms with E-state index in [-0.39, 0.29) is 5.92 Å².